The number of nitrogens with one attached hydrogen (secondary N) is 3. The number of ether oxygens (including phenoxy) is 2. The minimum atomic E-state index is -1.44. The maximum absolute atomic E-state index is 11.3. The van der Waals surface area contributed by atoms with Crippen molar-refractivity contribution in [1.82, 2.24) is 16.0 Å². The van der Waals surface area contributed by atoms with E-state index in [1.165, 1.54) is 6.92 Å². The Kier molecular flexibility index (Phi) is 8.48. The zero-order valence-electron chi connectivity index (χ0n) is 15.6. The minimum absolute atomic E-state index is 0.169. The van der Waals surface area contributed by atoms with Crippen molar-refractivity contribution in [3.8, 4) is 0 Å². The van der Waals surface area contributed by atoms with Gasteiger partial charge in [0.25, 0.3) is 0 Å². The van der Waals surface area contributed by atoms with Crippen LogP contribution in [0.3, 0.4) is 0 Å². The number of aliphatic hydroxyl groups excluding tert-OH is 6. The Morgan fingerprint density at radius 2 is 1.41 bits per heavy atom. The van der Waals surface area contributed by atoms with Crippen LogP contribution in [0.5, 0.6) is 0 Å². The molecular weight excluding hydrogens is 412 g/mol. The fourth-order valence-corrected chi connectivity index (χ4v) is 3.46. The van der Waals surface area contributed by atoms with Crippen LogP contribution in [0.1, 0.15) is 6.92 Å². The van der Waals surface area contributed by atoms with E-state index in [1.54, 1.807) is 0 Å². The van der Waals surface area contributed by atoms with Gasteiger partial charge >= 0.3 is 0 Å². The third-order valence-electron chi connectivity index (χ3n) is 4.83. The Morgan fingerprint density at radius 1 is 0.897 bits per heavy atom. The molecule has 168 valence electrons. The van der Waals surface area contributed by atoms with Gasteiger partial charge in [-0.3, -0.25) is 4.79 Å². The second kappa shape index (κ2) is 10.2. The Morgan fingerprint density at radius 3 is 1.93 bits per heavy atom. The van der Waals surface area contributed by atoms with Crippen molar-refractivity contribution in [2.24, 2.45) is 5.73 Å². The van der Waals surface area contributed by atoms with Crippen LogP contribution in [0.25, 0.3) is 0 Å². The van der Waals surface area contributed by atoms with Gasteiger partial charge in [0.2, 0.25) is 5.91 Å². The highest BCUT2D eigenvalue weighted by Crippen LogP contribution is 2.21. The van der Waals surface area contributed by atoms with Crippen molar-refractivity contribution in [1.29, 1.82) is 0 Å². The number of aliphatic hydroxyl groups is 6. The lowest BCUT2D eigenvalue weighted by Crippen LogP contribution is -2.70. The number of amides is 1. The van der Waals surface area contributed by atoms with Crippen molar-refractivity contribution in [3.63, 3.8) is 0 Å². The lowest BCUT2D eigenvalue weighted by molar-refractivity contribution is -0.202. The molecule has 2 heterocycles. The molecule has 0 spiro atoms. The van der Waals surface area contributed by atoms with E-state index in [1.807, 2.05) is 0 Å². The summed E-state index contributed by atoms with van der Waals surface area (Å²) >= 11 is 5.13. The smallest absolute Gasteiger partial charge is 0.218 e. The van der Waals surface area contributed by atoms with E-state index >= 15 is 0 Å². The van der Waals surface area contributed by atoms with E-state index in [4.69, 9.17) is 27.4 Å². The summed E-state index contributed by atoms with van der Waals surface area (Å²) in [6.07, 6.45) is -10.1. The topological polar surface area (TPSA) is 219 Å². The second-order valence-electron chi connectivity index (χ2n) is 6.94. The predicted octanol–water partition coefficient (Wildman–Crippen LogP) is -5.84. The lowest BCUT2D eigenvalue weighted by Gasteiger charge is -2.44. The molecule has 2 fully saturated rings. The van der Waals surface area contributed by atoms with E-state index in [2.05, 4.69) is 16.0 Å². The quantitative estimate of drug-likeness (QED) is 0.180. The second-order valence-corrected chi connectivity index (χ2v) is 7.35. The van der Waals surface area contributed by atoms with Crippen LogP contribution < -0.4 is 21.7 Å². The summed E-state index contributed by atoms with van der Waals surface area (Å²) in [6.45, 7) is 0.0758. The minimum Gasteiger partial charge on any atom is -0.394 e. The summed E-state index contributed by atoms with van der Waals surface area (Å²) in [5, 5.41) is 66.9. The normalized spacial score (nSPS) is 42.8. The highest BCUT2D eigenvalue weighted by atomic mass is 32.1. The van der Waals surface area contributed by atoms with Gasteiger partial charge in [0.15, 0.2) is 17.6 Å². The molecule has 2 rings (SSSR count). The first-order valence-corrected chi connectivity index (χ1v) is 9.36. The van der Waals surface area contributed by atoms with E-state index in [0.29, 0.717) is 0 Å². The summed E-state index contributed by atoms with van der Waals surface area (Å²) in [5.74, 6) is -0.497. The van der Waals surface area contributed by atoms with Gasteiger partial charge in [-0.05, 0) is 12.2 Å². The number of carbonyl (C=O) groups is 1. The molecule has 11 N–H and O–H groups in total. The molecule has 0 aromatic heterocycles. The number of thiocarbonyl (C=S) groups is 1. The highest BCUT2D eigenvalue weighted by molar-refractivity contribution is 7.80. The molecule has 2 aliphatic rings. The van der Waals surface area contributed by atoms with E-state index < -0.39 is 80.3 Å². The maximum Gasteiger partial charge on any atom is 0.218 e. The van der Waals surface area contributed by atoms with Gasteiger partial charge in [0.05, 0.1) is 25.3 Å². The molecule has 29 heavy (non-hydrogen) atoms. The SMILES string of the molecule is CC(=O)N[C@@H]1O[C@H](CO)[C@@H](O)[C@H](NC(=S)N[C@@H]2O[C@H](CO)[C@@H](O)[C@H](N)[C@H]2O)[C@H]1O. The summed E-state index contributed by atoms with van der Waals surface area (Å²) < 4.78 is 10.6. The van der Waals surface area contributed by atoms with Gasteiger partial charge in [-0.2, -0.15) is 0 Å². The van der Waals surface area contributed by atoms with Gasteiger partial charge in [0.1, 0.15) is 36.6 Å². The molecule has 2 saturated heterocycles. The van der Waals surface area contributed by atoms with Gasteiger partial charge in [-0.25, -0.2) is 0 Å². The number of hydrogen-bond donors (Lipinski definition) is 10. The molecule has 0 bridgehead atoms. The van der Waals surface area contributed by atoms with Crippen LogP contribution in [0.2, 0.25) is 0 Å². The molecule has 0 saturated carbocycles. The first kappa shape index (κ1) is 24.1. The van der Waals surface area contributed by atoms with Crippen LogP contribution in [0, 0.1) is 0 Å². The highest BCUT2D eigenvalue weighted by Gasteiger charge is 2.46. The lowest BCUT2D eigenvalue weighted by atomic mass is 9.95. The van der Waals surface area contributed by atoms with Crippen LogP contribution in [-0.4, -0.2) is 116 Å². The monoisotopic (exact) mass is 440 g/mol. The van der Waals surface area contributed by atoms with Gasteiger partial charge in [-0.15, -0.1) is 0 Å². The fourth-order valence-electron chi connectivity index (χ4n) is 3.21. The molecule has 2 aliphatic heterocycles. The molecule has 10 atom stereocenters. The molecular formula is C15H28N4O9S. The predicted molar refractivity (Wildman–Crippen MR) is 100.0 cm³/mol. The van der Waals surface area contributed by atoms with Crippen LogP contribution in [0.4, 0.5) is 0 Å². The first-order valence-electron chi connectivity index (χ1n) is 8.95. The average Bonchev–Trinajstić information content (AvgIpc) is 2.67. The standard InChI is InChI=1S/C15H28N4O9S/c1-4(22)17-14-12(26)8(10(24)6(3-21)28-14)18-15(29)19-13-11(25)7(16)9(23)5(2-20)27-13/h5-14,20-21,23-26H,2-3,16H2,1H3,(H,17,22)(H2,18,19,29)/t5-,6-,7+,8+,9-,10-,11-,12-,13-,14-/m1/s1. The zero-order valence-corrected chi connectivity index (χ0v) is 16.4. The van der Waals surface area contributed by atoms with Gasteiger partial charge in [-0.1, -0.05) is 0 Å². The molecule has 13 nitrogen and oxygen atoms in total. The van der Waals surface area contributed by atoms with Gasteiger partial charge in [0, 0.05) is 6.92 Å². The Labute approximate surface area is 171 Å². The van der Waals surface area contributed by atoms with E-state index in [-0.39, 0.29) is 5.11 Å². The van der Waals surface area contributed by atoms with Crippen molar-refractivity contribution in [3.05, 3.63) is 0 Å². The summed E-state index contributed by atoms with van der Waals surface area (Å²) in [6, 6.07) is -2.28. The Balaban J connectivity index is 2.06. The number of rotatable bonds is 5. The zero-order chi connectivity index (χ0) is 21.9. The van der Waals surface area contributed by atoms with Crippen molar-refractivity contribution < 1.29 is 44.9 Å². The number of nitrogens with two attached hydrogens (primary N) is 1. The van der Waals surface area contributed by atoms with Crippen molar-refractivity contribution in [2.75, 3.05) is 13.2 Å². The van der Waals surface area contributed by atoms with Crippen LogP contribution in [0.15, 0.2) is 0 Å². The summed E-state index contributed by atoms with van der Waals surface area (Å²) in [4.78, 5) is 11.3. The molecule has 0 aromatic carbocycles. The largest absolute Gasteiger partial charge is 0.394 e. The third-order valence-corrected chi connectivity index (χ3v) is 5.06. The van der Waals surface area contributed by atoms with Gasteiger partial charge < -0.3 is 61.8 Å². The fraction of sp³-hybridized carbons (Fsp3) is 0.867. The molecule has 0 aromatic rings. The number of carbonyl (C=O) groups excluding carboxylic acids is 1. The van der Waals surface area contributed by atoms with E-state index in [9.17, 15) is 35.4 Å². The van der Waals surface area contributed by atoms with E-state index in [0.717, 1.165) is 0 Å². The number of hydrogen-bond acceptors (Lipinski definition) is 11. The maximum atomic E-state index is 11.3. The molecule has 14 heteroatoms. The Bertz CT molecular complexity index is 586. The average molecular weight is 440 g/mol. The first-order chi connectivity index (χ1) is 13.6. The molecule has 1 amide bonds. The summed E-state index contributed by atoms with van der Waals surface area (Å²) in [7, 11) is 0. The molecule has 0 unspecified atom stereocenters. The Hall–Kier alpha value is -1.20. The van der Waals surface area contributed by atoms with Crippen LogP contribution >= 0.6 is 12.2 Å². The van der Waals surface area contributed by atoms with Crippen molar-refractivity contribution in [2.45, 2.75) is 68.1 Å². The van der Waals surface area contributed by atoms with Crippen LogP contribution in [-0.2, 0) is 14.3 Å². The molecule has 0 radical (unpaired) electrons. The van der Waals surface area contributed by atoms with Crippen molar-refractivity contribution >= 4 is 23.2 Å². The molecule has 0 aliphatic carbocycles. The third kappa shape index (κ3) is 5.49. The summed E-state index contributed by atoms with van der Waals surface area (Å²) in [5.41, 5.74) is 5.72.